The highest BCUT2D eigenvalue weighted by Gasteiger charge is 2.27. The van der Waals surface area contributed by atoms with Crippen molar-refractivity contribution in [2.24, 2.45) is 0 Å². The lowest BCUT2D eigenvalue weighted by Crippen LogP contribution is -2.46. The van der Waals surface area contributed by atoms with Crippen LogP contribution in [0.4, 0.5) is 17.1 Å². The first-order chi connectivity index (χ1) is 13.0. The molecule has 0 saturated heterocycles. The molecule has 27 heavy (non-hydrogen) atoms. The Morgan fingerprint density at radius 3 is 2.48 bits per heavy atom. The second-order valence-electron chi connectivity index (χ2n) is 6.91. The Bertz CT molecular complexity index is 817. The van der Waals surface area contributed by atoms with Crippen molar-refractivity contribution in [2.45, 2.75) is 13.5 Å². The number of rotatable bonds is 6. The Morgan fingerprint density at radius 2 is 1.81 bits per heavy atom. The molecule has 2 aromatic rings. The van der Waals surface area contributed by atoms with Crippen LogP contribution in [0.5, 0.6) is 0 Å². The van der Waals surface area contributed by atoms with Crippen LogP contribution in [0, 0.1) is 0 Å². The summed E-state index contributed by atoms with van der Waals surface area (Å²) < 4.78 is 0. The van der Waals surface area contributed by atoms with Gasteiger partial charge in [0.05, 0.1) is 17.9 Å². The van der Waals surface area contributed by atoms with Crippen molar-refractivity contribution in [2.75, 3.05) is 48.8 Å². The predicted molar refractivity (Wildman–Crippen MR) is 109 cm³/mol. The third-order valence-electron chi connectivity index (χ3n) is 4.74. The lowest BCUT2D eigenvalue weighted by Gasteiger charge is -2.31. The summed E-state index contributed by atoms with van der Waals surface area (Å²) in [6.45, 7) is 3.82. The largest absolute Gasteiger partial charge is 0.378 e. The number of benzene rings is 2. The minimum absolute atomic E-state index is 0.0604. The molecule has 3 rings (SSSR count). The second-order valence-corrected chi connectivity index (χ2v) is 6.91. The SMILES string of the molecule is CCN(CC(=O)N1CC(=O)Nc2ccccc21)Cc1ccc(N(C)C)cc1. The molecule has 0 unspecified atom stereocenters. The van der Waals surface area contributed by atoms with Crippen molar-refractivity contribution in [1.29, 1.82) is 0 Å². The number of amides is 2. The Labute approximate surface area is 160 Å². The second kappa shape index (κ2) is 8.22. The Hall–Kier alpha value is -2.86. The molecule has 2 aromatic carbocycles. The number of carbonyl (C=O) groups is 2. The van der Waals surface area contributed by atoms with E-state index in [2.05, 4.69) is 39.4 Å². The van der Waals surface area contributed by atoms with Gasteiger partial charge in [-0.05, 0) is 36.4 Å². The maximum Gasteiger partial charge on any atom is 0.244 e. The van der Waals surface area contributed by atoms with Gasteiger partial charge in [0.25, 0.3) is 0 Å². The van der Waals surface area contributed by atoms with Crippen LogP contribution in [-0.2, 0) is 16.1 Å². The molecule has 6 nitrogen and oxygen atoms in total. The van der Waals surface area contributed by atoms with Crippen molar-refractivity contribution < 1.29 is 9.59 Å². The zero-order chi connectivity index (χ0) is 19.4. The summed E-state index contributed by atoms with van der Waals surface area (Å²) in [6.07, 6.45) is 0. The number of nitrogens with one attached hydrogen (secondary N) is 1. The number of anilines is 3. The minimum atomic E-state index is -0.163. The number of carbonyl (C=O) groups excluding carboxylic acids is 2. The van der Waals surface area contributed by atoms with Crippen LogP contribution in [-0.4, -0.2) is 50.4 Å². The Balaban J connectivity index is 1.69. The molecule has 0 bridgehead atoms. The quantitative estimate of drug-likeness (QED) is 0.854. The number of hydrogen-bond acceptors (Lipinski definition) is 4. The van der Waals surface area contributed by atoms with Gasteiger partial charge in [-0.1, -0.05) is 31.2 Å². The molecule has 0 aromatic heterocycles. The zero-order valence-corrected chi connectivity index (χ0v) is 16.1. The summed E-state index contributed by atoms with van der Waals surface area (Å²) in [7, 11) is 4.03. The first-order valence-electron chi connectivity index (χ1n) is 9.15. The summed E-state index contributed by atoms with van der Waals surface area (Å²) in [5.74, 6) is -0.228. The first-order valence-corrected chi connectivity index (χ1v) is 9.15. The molecule has 0 atom stereocenters. The highest BCUT2D eigenvalue weighted by atomic mass is 16.2. The van der Waals surface area contributed by atoms with E-state index < -0.39 is 0 Å². The molecule has 0 radical (unpaired) electrons. The highest BCUT2D eigenvalue weighted by molar-refractivity contribution is 6.10. The smallest absolute Gasteiger partial charge is 0.244 e. The van der Waals surface area contributed by atoms with E-state index in [4.69, 9.17) is 0 Å². The Morgan fingerprint density at radius 1 is 1.11 bits per heavy atom. The van der Waals surface area contributed by atoms with E-state index in [9.17, 15) is 9.59 Å². The van der Waals surface area contributed by atoms with Crippen molar-refractivity contribution in [3.05, 3.63) is 54.1 Å². The number of para-hydroxylation sites is 2. The van der Waals surface area contributed by atoms with E-state index in [-0.39, 0.29) is 24.9 Å². The summed E-state index contributed by atoms with van der Waals surface area (Å²) in [4.78, 5) is 30.6. The van der Waals surface area contributed by atoms with Gasteiger partial charge < -0.3 is 10.2 Å². The average Bonchev–Trinajstić information content (AvgIpc) is 2.67. The van der Waals surface area contributed by atoms with Crippen molar-refractivity contribution in [3.63, 3.8) is 0 Å². The Kier molecular flexibility index (Phi) is 5.76. The topological polar surface area (TPSA) is 55.9 Å². The van der Waals surface area contributed by atoms with Gasteiger partial charge in [-0.25, -0.2) is 0 Å². The molecule has 2 amide bonds. The normalized spacial score (nSPS) is 13.3. The van der Waals surface area contributed by atoms with Crippen LogP contribution in [0.3, 0.4) is 0 Å². The van der Waals surface area contributed by atoms with Gasteiger partial charge in [0.2, 0.25) is 11.8 Å². The molecule has 142 valence electrons. The van der Waals surface area contributed by atoms with E-state index in [0.29, 0.717) is 12.2 Å². The third-order valence-corrected chi connectivity index (χ3v) is 4.74. The number of likely N-dealkylation sites (N-methyl/N-ethyl adjacent to an activating group) is 1. The lowest BCUT2D eigenvalue weighted by molar-refractivity contribution is -0.122. The fourth-order valence-corrected chi connectivity index (χ4v) is 3.17. The van der Waals surface area contributed by atoms with Crippen molar-refractivity contribution in [1.82, 2.24) is 4.90 Å². The average molecular weight is 366 g/mol. The molecule has 1 aliphatic rings. The number of hydrogen-bond donors (Lipinski definition) is 1. The molecule has 1 heterocycles. The molecule has 1 N–H and O–H groups in total. The van der Waals surface area contributed by atoms with E-state index in [1.165, 1.54) is 0 Å². The molecule has 6 heteroatoms. The monoisotopic (exact) mass is 366 g/mol. The summed E-state index contributed by atoms with van der Waals surface area (Å²) in [6, 6.07) is 15.7. The maximum atomic E-state index is 12.9. The fourth-order valence-electron chi connectivity index (χ4n) is 3.17. The zero-order valence-electron chi connectivity index (χ0n) is 16.1. The molecular weight excluding hydrogens is 340 g/mol. The molecular formula is C21H26N4O2. The van der Waals surface area contributed by atoms with Gasteiger partial charge >= 0.3 is 0 Å². The predicted octanol–water partition coefficient (Wildman–Crippen LogP) is 2.56. The lowest BCUT2D eigenvalue weighted by atomic mass is 10.1. The van der Waals surface area contributed by atoms with Gasteiger partial charge in [0, 0.05) is 26.3 Å². The molecule has 1 aliphatic heterocycles. The van der Waals surface area contributed by atoms with Crippen LogP contribution in [0.25, 0.3) is 0 Å². The maximum absolute atomic E-state index is 12.9. The summed E-state index contributed by atoms with van der Waals surface area (Å²) >= 11 is 0. The fraction of sp³-hybridized carbons (Fsp3) is 0.333. The summed E-state index contributed by atoms with van der Waals surface area (Å²) in [5.41, 5.74) is 3.75. The van der Waals surface area contributed by atoms with E-state index in [1.807, 2.05) is 45.3 Å². The van der Waals surface area contributed by atoms with Crippen LogP contribution < -0.4 is 15.1 Å². The van der Waals surface area contributed by atoms with Crippen molar-refractivity contribution >= 4 is 28.9 Å². The van der Waals surface area contributed by atoms with Gasteiger partial charge in [0.15, 0.2) is 0 Å². The molecule has 0 spiro atoms. The van der Waals surface area contributed by atoms with Crippen LogP contribution in [0.15, 0.2) is 48.5 Å². The van der Waals surface area contributed by atoms with E-state index >= 15 is 0 Å². The molecule has 0 aliphatic carbocycles. The minimum Gasteiger partial charge on any atom is -0.378 e. The number of fused-ring (bicyclic) bond motifs is 1. The van der Waals surface area contributed by atoms with Crippen LogP contribution >= 0.6 is 0 Å². The summed E-state index contributed by atoms with van der Waals surface area (Å²) in [5, 5.41) is 2.82. The van der Waals surface area contributed by atoms with Gasteiger partial charge in [-0.3, -0.25) is 19.4 Å². The van der Waals surface area contributed by atoms with E-state index in [1.54, 1.807) is 4.90 Å². The van der Waals surface area contributed by atoms with Crippen LogP contribution in [0.2, 0.25) is 0 Å². The van der Waals surface area contributed by atoms with Gasteiger partial charge in [0.1, 0.15) is 6.54 Å². The van der Waals surface area contributed by atoms with E-state index in [0.717, 1.165) is 23.5 Å². The van der Waals surface area contributed by atoms with Gasteiger partial charge in [-0.15, -0.1) is 0 Å². The van der Waals surface area contributed by atoms with Crippen LogP contribution in [0.1, 0.15) is 12.5 Å². The van der Waals surface area contributed by atoms with Crippen molar-refractivity contribution in [3.8, 4) is 0 Å². The molecule has 0 saturated carbocycles. The van der Waals surface area contributed by atoms with Gasteiger partial charge in [-0.2, -0.15) is 0 Å². The first kappa shape index (κ1) is 18.9. The number of nitrogens with zero attached hydrogens (tertiary/aromatic N) is 3. The third kappa shape index (κ3) is 4.46. The standard InChI is InChI=1S/C21H26N4O2/c1-4-24(13-16-9-11-17(12-10-16)23(2)3)15-21(27)25-14-20(26)22-18-7-5-6-8-19(18)25/h5-12H,4,13-15H2,1-3H3,(H,22,26). The molecule has 0 fully saturated rings. The highest BCUT2D eigenvalue weighted by Crippen LogP contribution is 2.29.